The molecule has 3 N–H and O–H groups in total. The van der Waals surface area contributed by atoms with E-state index in [1.807, 2.05) is 18.2 Å². The highest BCUT2D eigenvalue weighted by molar-refractivity contribution is 6.06. The molecule has 4 rings (SSSR count). The predicted molar refractivity (Wildman–Crippen MR) is 154 cm³/mol. The fourth-order valence-electron chi connectivity index (χ4n) is 3.95. The molecule has 3 aromatic carbocycles. The van der Waals surface area contributed by atoms with Gasteiger partial charge in [0.15, 0.2) is 24.7 Å². The van der Waals surface area contributed by atoms with Crippen LogP contribution in [-0.4, -0.2) is 57.2 Å². The molecule has 3 amide bonds. The molecule has 0 saturated carbocycles. The number of rotatable bonds is 2. The number of fused-ring (bicyclic) bond motifs is 3. The van der Waals surface area contributed by atoms with Gasteiger partial charge in [-0.1, -0.05) is 51.1 Å². The summed E-state index contributed by atoms with van der Waals surface area (Å²) in [6.45, 7) is 6.56. The lowest BCUT2D eigenvalue weighted by atomic mass is 9.87. The third-order valence-electron chi connectivity index (χ3n) is 6.15. The van der Waals surface area contributed by atoms with Gasteiger partial charge in [0.05, 0.1) is 13.1 Å². The maximum atomic E-state index is 12.9. The zero-order valence-corrected chi connectivity index (χ0v) is 23.5. The number of para-hydroxylation sites is 1. The second-order valence-electron chi connectivity index (χ2n) is 10.3. The van der Waals surface area contributed by atoms with Gasteiger partial charge in [-0.25, -0.2) is 0 Å². The van der Waals surface area contributed by atoms with E-state index in [1.165, 1.54) is 0 Å². The highest BCUT2D eigenvalue weighted by Crippen LogP contribution is 2.35. The molecule has 3 aromatic rings. The molecule has 0 saturated heterocycles. The average Bonchev–Trinajstić information content (AvgIpc) is 2.96. The molecule has 10 nitrogen and oxygen atoms in total. The third kappa shape index (κ3) is 8.38. The second-order valence-corrected chi connectivity index (χ2v) is 10.3. The number of carbonyl (C=O) groups is 3. The molecule has 1 heterocycles. The van der Waals surface area contributed by atoms with Gasteiger partial charge in [-0.2, -0.15) is 0 Å². The lowest BCUT2D eigenvalue weighted by molar-refractivity contribution is -0.123. The summed E-state index contributed by atoms with van der Waals surface area (Å²) >= 11 is 0. The Hall–Kier alpha value is -4.73. The summed E-state index contributed by atoms with van der Waals surface area (Å²) in [7, 11) is 0. The Balaban J connectivity index is 1.52. The number of carbonyl (C=O) groups excluding carboxylic acids is 3. The molecular formula is C31H35N3O7. The van der Waals surface area contributed by atoms with Gasteiger partial charge in [0.1, 0.15) is 30.4 Å². The molecule has 1 aliphatic rings. The fraction of sp³-hybridized carbons (Fsp3) is 0.323. The molecule has 41 heavy (non-hydrogen) atoms. The molecule has 0 atom stereocenters. The summed E-state index contributed by atoms with van der Waals surface area (Å²) in [5, 5.41) is 8.32. The van der Waals surface area contributed by atoms with Crippen molar-refractivity contribution in [3.05, 3.63) is 77.9 Å². The zero-order valence-electron chi connectivity index (χ0n) is 23.5. The summed E-state index contributed by atoms with van der Waals surface area (Å²) < 4.78 is 23.4. The SMILES string of the molecule is CC(C)(C)c1ccc2c(c1)OCCNC(=O)COc1cccc(c1NC(=O)c1ccccc1)OCC(=O)NCCO2. The summed E-state index contributed by atoms with van der Waals surface area (Å²) in [6.07, 6.45) is 0. The van der Waals surface area contributed by atoms with Gasteiger partial charge in [0.2, 0.25) is 0 Å². The molecule has 2 bridgehead atoms. The van der Waals surface area contributed by atoms with E-state index in [0.29, 0.717) is 17.1 Å². The monoisotopic (exact) mass is 561 g/mol. The van der Waals surface area contributed by atoms with Crippen LogP contribution in [0.2, 0.25) is 0 Å². The number of anilines is 1. The number of ether oxygens (including phenoxy) is 4. The quantitative estimate of drug-likeness (QED) is 0.436. The van der Waals surface area contributed by atoms with Crippen LogP contribution in [0.15, 0.2) is 66.7 Å². The third-order valence-corrected chi connectivity index (χ3v) is 6.15. The molecule has 0 aromatic heterocycles. The van der Waals surface area contributed by atoms with E-state index >= 15 is 0 Å². The lowest BCUT2D eigenvalue weighted by Crippen LogP contribution is -2.32. The summed E-state index contributed by atoms with van der Waals surface area (Å²) in [5.74, 6) is 0.357. The van der Waals surface area contributed by atoms with Crippen molar-refractivity contribution in [2.75, 3.05) is 44.8 Å². The minimum Gasteiger partial charge on any atom is -0.488 e. The van der Waals surface area contributed by atoms with E-state index in [0.717, 1.165) is 5.56 Å². The number of benzene rings is 3. The average molecular weight is 562 g/mol. The van der Waals surface area contributed by atoms with Crippen molar-refractivity contribution in [1.82, 2.24) is 10.6 Å². The smallest absolute Gasteiger partial charge is 0.258 e. The first-order chi connectivity index (χ1) is 19.7. The Morgan fingerprint density at radius 3 is 1.88 bits per heavy atom. The highest BCUT2D eigenvalue weighted by Gasteiger charge is 2.19. The van der Waals surface area contributed by atoms with E-state index in [1.54, 1.807) is 48.5 Å². The minimum absolute atomic E-state index is 0.0987. The van der Waals surface area contributed by atoms with Gasteiger partial charge in [0, 0.05) is 5.56 Å². The van der Waals surface area contributed by atoms with Crippen LogP contribution in [0, 0.1) is 0 Å². The van der Waals surface area contributed by atoms with Crippen LogP contribution in [0.25, 0.3) is 0 Å². The fourth-order valence-corrected chi connectivity index (χ4v) is 3.95. The Morgan fingerprint density at radius 1 is 0.707 bits per heavy atom. The van der Waals surface area contributed by atoms with Crippen molar-refractivity contribution in [3.8, 4) is 23.0 Å². The maximum Gasteiger partial charge on any atom is 0.258 e. The number of hydrogen-bond donors (Lipinski definition) is 3. The maximum absolute atomic E-state index is 12.9. The first kappa shape index (κ1) is 29.3. The Morgan fingerprint density at radius 2 is 1.29 bits per heavy atom. The first-order valence-electron chi connectivity index (χ1n) is 13.4. The van der Waals surface area contributed by atoms with Gasteiger partial charge < -0.3 is 34.9 Å². The Bertz CT molecular complexity index is 1370. The molecule has 0 unspecified atom stereocenters. The van der Waals surface area contributed by atoms with Crippen molar-refractivity contribution in [2.45, 2.75) is 26.2 Å². The Labute approximate surface area is 239 Å². The van der Waals surface area contributed by atoms with Crippen LogP contribution in [0.1, 0.15) is 36.7 Å². The van der Waals surface area contributed by atoms with Crippen LogP contribution >= 0.6 is 0 Å². The van der Waals surface area contributed by atoms with Crippen LogP contribution in [0.3, 0.4) is 0 Å². The van der Waals surface area contributed by atoms with Crippen LogP contribution in [0.5, 0.6) is 23.0 Å². The molecule has 0 spiro atoms. The lowest BCUT2D eigenvalue weighted by Gasteiger charge is -2.21. The Kier molecular flexibility index (Phi) is 9.68. The number of hydrogen-bond acceptors (Lipinski definition) is 7. The predicted octanol–water partition coefficient (Wildman–Crippen LogP) is 3.70. The molecule has 0 aliphatic carbocycles. The summed E-state index contributed by atoms with van der Waals surface area (Å²) in [4.78, 5) is 38.0. The largest absolute Gasteiger partial charge is 0.488 e. The van der Waals surface area contributed by atoms with Crippen LogP contribution < -0.4 is 34.9 Å². The van der Waals surface area contributed by atoms with E-state index in [4.69, 9.17) is 18.9 Å². The molecule has 1 aliphatic heterocycles. The molecular weight excluding hydrogens is 526 g/mol. The van der Waals surface area contributed by atoms with Crippen LogP contribution in [-0.2, 0) is 15.0 Å². The molecule has 0 fully saturated rings. The van der Waals surface area contributed by atoms with E-state index in [-0.39, 0.29) is 73.9 Å². The van der Waals surface area contributed by atoms with Gasteiger partial charge in [0.25, 0.3) is 17.7 Å². The topological polar surface area (TPSA) is 124 Å². The first-order valence-corrected chi connectivity index (χ1v) is 13.4. The summed E-state index contributed by atoms with van der Waals surface area (Å²) in [6, 6.07) is 19.2. The summed E-state index contributed by atoms with van der Waals surface area (Å²) in [5.41, 5.74) is 1.60. The molecule has 0 radical (unpaired) electrons. The van der Waals surface area contributed by atoms with Crippen molar-refractivity contribution < 1.29 is 33.3 Å². The van der Waals surface area contributed by atoms with Gasteiger partial charge in [-0.3, -0.25) is 14.4 Å². The minimum atomic E-state index is -0.401. The highest BCUT2D eigenvalue weighted by atomic mass is 16.5. The van der Waals surface area contributed by atoms with E-state index in [9.17, 15) is 14.4 Å². The number of amides is 3. The van der Waals surface area contributed by atoms with E-state index < -0.39 is 5.91 Å². The van der Waals surface area contributed by atoms with Crippen molar-refractivity contribution in [1.29, 1.82) is 0 Å². The standard InChI is InChI=1S/C31H35N3O7/c1-31(2,3)22-12-13-23-26(18-22)39-17-15-33-28(36)20-41-25-11-7-10-24(40-19-27(35)32-14-16-38-23)29(25)34-30(37)21-8-5-4-6-9-21/h4-13,18H,14-17,19-20H2,1-3H3,(H,32,35)(H,33,36)(H,34,37). The van der Waals surface area contributed by atoms with Gasteiger partial charge in [-0.15, -0.1) is 0 Å². The van der Waals surface area contributed by atoms with Gasteiger partial charge in [-0.05, 0) is 47.4 Å². The van der Waals surface area contributed by atoms with Crippen molar-refractivity contribution >= 4 is 23.4 Å². The second kappa shape index (κ2) is 13.6. The van der Waals surface area contributed by atoms with Crippen LogP contribution in [0.4, 0.5) is 5.69 Å². The molecule has 216 valence electrons. The van der Waals surface area contributed by atoms with E-state index in [2.05, 4.69) is 36.7 Å². The van der Waals surface area contributed by atoms with Crippen molar-refractivity contribution in [3.63, 3.8) is 0 Å². The number of nitrogens with one attached hydrogen (secondary N) is 3. The zero-order chi connectivity index (χ0) is 29.2. The normalized spacial score (nSPS) is 15.0. The van der Waals surface area contributed by atoms with Gasteiger partial charge >= 0.3 is 0 Å². The molecule has 10 heteroatoms. The van der Waals surface area contributed by atoms with Crippen molar-refractivity contribution in [2.24, 2.45) is 0 Å².